The van der Waals surface area contributed by atoms with Crippen molar-refractivity contribution in [3.8, 4) is 62.3 Å². The molecule has 256 valence electrons. The summed E-state index contributed by atoms with van der Waals surface area (Å²) in [4.78, 5) is 7.21. The van der Waals surface area contributed by atoms with Gasteiger partial charge in [-0.05, 0) is 70.6 Å². The van der Waals surface area contributed by atoms with Crippen LogP contribution < -0.4 is 4.90 Å². The molecule has 0 aliphatic carbocycles. The molecule has 2 aromatic heterocycles. The summed E-state index contributed by atoms with van der Waals surface area (Å²) < 4.78 is 1.90. The zero-order valence-corrected chi connectivity index (χ0v) is 28.8. The molecule has 0 saturated heterocycles. The Morgan fingerprint density at radius 1 is 0.434 bits per heavy atom. The van der Waals surface area contributed by atoms with E-state index >= 15 is 0 Å². The third-order valence-corrected chi connectivity index (χ3v) is 10.8. The standard InChI is InChI=1S/C45H30N2O5S/c48-41-40(42(49)44(51)45(52)43(41)50)30-15-20-34-35-23-29(16-22-38(35)53-39(34)24-30)36-21-19-32(25-46-36)47(37-12-6-10-28-9-4-5-11-33(28)37)31-17-13-27(14-18-31)26-7-2-1-3-8-26/h1-25,48-52H. The number of aromatic hydroxyl groups is 5. The molecule has 0 spiro atoms. The lowest BCUT2D eigenvalue weighted by atomic mass is 9.99. The number of hydrogen-bond donors (Lipinski definition) is 5. The first-order valence-electron chi connectivity index (χ1n) is 16.9. The maximum absolute atomic E-state index is 10.5. The monoisotopic (exact) mass is 710 g/mol. The van der Waals surface area contributed by atoms with Gasteiger partial charge in [0.2, 0.25) is 17.2 Å². The zero-order valence-electron chi connectivity index (χ0n) is 28.0. The minimum Gasteiger partial charge on any atom is -0.504 e. The van der Waals surface area contributed by atoms with Crippen LogP contribution >= 0.6 is 11.3 Å². The van der Waals surface area contributed by atoms with Crippen molar-refractivity contribution in [2.75, 3.05) is 4.90 Å². The number of rotatable bonds is 6. The van der Waals surface area contributed by atoms with Crippen LogP contribution in [0.3, 0.4) is 0 Å². The van der Waals surface area contributed by atoms with Crippen LogP contribution in [0.25, 0.3) is 64.5 Å². The van der Waals surface area contributed by atoms with Crippen molar-refractivity contribution in [1.29, 1.82) is 0 Å². The molecule has 0 amide bonds. The van der Waals surface area contributed by atoms with Crippen LogP contribution in [-0.4, -0.2) is 30.5 Å². The van der Waals surface area contributed by atoms with Crippen molar-refractivity contribution < 1.29 is 25.5 Å². The first kappa shape index (κ1) is 31.9. The van der Waals surface area contributed by atoms with Crippen LogP contribution in [0.4, 0.5) is 17.1 Å². The Labute approximate surface area is 307 Å². The Morgan fingerprint density at radius 2 is 1.08 bits per heavy atom. The minimum absolute atomic E-state index is 0.174. The van der Waals surface area contributed by atoms with Crippen LogP contribution in [0, 0.1) is 0 Å². The van der Waals surface area contributed by atoms with E-state index < -0.39 is 28.7 Å². The fraction of sp³-hybridized carbons (Fsp3) is 0. The van der Waals surface area contributed by atoms with Gasteiger partial charge in [0.15, 0.2) is 11.5 Å². The van der Waals surface area contributed by atoms with Gasteiger partial charge in [-0.2, -0.15) is 0 Å². The quantitative estimate of drug-likeness (QED) is 0.0861. The van der Waals surface area contributed by atoms with E-state index in [1.807, 2.05) is 42.6 Å². The van der Waals surface area contributed by atoms with Gasteiger partial charge in [0.05, 0.1) is 28.8 Å². The number of anilines is 3. The molecule has 9 aromatic rings. The average Bonchev–Trinajstić information content (AvgIpc) is 3.58. The Hall–Kier alpha value is -7.03. The summed E-state index contributed by atoms with van der Waals surface area (Å²) in [5.41, 5.74) is 7.24. The van der Waals surface area contributed by atoms with Crippen LogP contribution in [0.1, 0.15) is 0 Å². The van der Waals surface area contributed by atoms with Gasteiger partial charge in [0, 0.05) is 36.8 Å². The fourth-order valence-electron chi connectivity index (χ4n) is 7.00. The summed E-state index contributed by atoms with van der Waals surface area (Å²) in [6, 6.07) is 49.3. The number of hydrogen-bond acceptors (Lipinski definition) is 8. The second-order valence-electron chi connectivity index (χ2n) is 12.8. The highest BCUT2D eigenvalue weighted by molar-refractivity contribution is 7.25. The van der Waals surface area contributed by atoms with Crippen molar-refractivity contribution in [2.45, 2.75) is 0 Å². The first-order chi connectivity index (χ1) is 25.9. The molecule has 0 radical (unpaired) electrons. The summed E-state index contributed by atoms with van der Waals surface area (Å²) in [5.74, 6) is -4.25. The van der Waals surface area contributed by atoms with Crippen molar-refractivity contribution in [2.24, 2.45) is 0 Å². The highest BCUT2D eigenvalue weighted by atomic mass is 32.1. The van der Waals surface area contributed by atoms with Crippen molar-refractivity contribution in [3.63, 3.8) is 0 Å². The Bertz CT molecular complexity index is 2800. The predicted octanol–water partition coefficient (Wildman–Crippen LogP) is 11.6. The third kappa shape index (κ3) is 5.40. The predicted molar refractivity (Wildman–Crippen MR) is 214 cm³/mol. The molecule has 0 saturated carbocycles. The summed E-state index contributed by atoms with van der Waals surface area (Å²) in [6.07, 6.45) is 1.91. The molecule has 9 rings (SSSR count). The number of pyridine rings is 1. The van der Waals surface area contributed by atoms with Crippen molar-refractivity contribution in [3.05, 3.63) is 152 Å². The van der Waals surface area contributed by atoms with E-state index in [1.165, 1.54) is 11.3 Å². The van der Waals surface area contributed by atoms with E-state index in [2.05, 4.69) is 102 Å². The Morgan fingerprint density at radius 3 is 1.83 bits per heavy atom. The zero-order chi connectivity index (χ0) is 36.2. The summed E-state index contributed by atoms with van der Waals surface area (Å²) in [6.45, 7) is 0. The molecule has 0 fully saturated rings. The van der Waals surface area contributed by atoms with E-state index in [-0.39, 0.29) is 5.56 Å². The van der Waals surface area contributed by atoms with Crippen LogP contribution in [0.15, 0.2) is 152 Å². The number of thiophene rings is 1. The SMILES string of the molecule is Oc1c(O)c(O)c(-c2ccc3c(c2)sc2ccc(-c4ccc(N(c5ccc(-c6ccccc6)cc5)c5cccc6ccccc56)cn4)cc23)c(O)c1O. The molecule has 5 N–H and O–H groups in total. The average molecular weight is 711 g/mol. The van der Waals surface area contributed by atoms with Gasteiger partial charge < -0.3 is 30.4 Å². The molecule has 0 atom stereocenters. The number of phenolic OH excluding ortho intramolecular Hbond substituents is 5. The molecule has 0 aliphatic heterocycles. The van der Waals surface area contributed by atoms with E-state index in [0.29, 0.717) is 5.56 Å². The van der Waals surface area contributed by atoms with Gasteiger partial charge in [-0.25, -0.2) is 0 Å². The van der Waals surface area contributed by atoms with Gasteiger partial charge in [-0.15, -0.1) is 11.3 Å². The fourth-order valence-corrected chi connectivity index (χ4v) is 8.13. The van der Waals surface area contributed by atoms with E-state index in [1.54, 1.807) is 12.1 Å². The maximum atomic E-state index is 10.5. The van der Waals surface area contributed by atoms with Gasteiger partial charge in [-0.1, -0.05) is 97.1 Å². The molecule has 8 heteroatoms. The summed E-state index contributed by atoms with van der Waals surface area (Å²) in [5, 5.41) is 55.3. The second-order valence-corrected chi connectivity index (χ2v) is 13.9. The molecule has 0 bridgehead atoms. The molecule has 0 aliphatic rings. The first-order valence-corrected chi connectivity index (χ1v) is 17.7. The van der Waals surface area contributed by atoms with Crippen LogP contribution in [0.2, 0.25) is 0 Å². The molecule has 7 nitrogen and oxygen atoms in total. The smallest absolute Gasteiger partial charge is 0.208 e. The lowest BCUT2D eigenvalue weighted by Gasteiger charge is -2.27. The molecular weight excluding hydrogens is 681 g/mol. The van der Waals surface area contributed by atoms with E-state index in [4.69, 9.17) is 4.98 Å². The molecule has 0 unspecified atom stereocenters. The molecular formula is C45H30N2O5S. The largest absolute Gasteiger partial charge is 0.504 e. The van der Waals surface area contributed by atoms with Crippen LogP contribution in [-0.2, 0) is 0 Å². The highest BCUT2D eigenvalue weighted by Crippen LogP contribution is 2.55. The lowest BCUT2D eigenvalue weighted by Crippen LogP contribution is -2.10. The third-order valence-electron chi connectivity index (χ3n) is 9.67. The number of nitrogens with zero attached hydrogens (tertiary/aromatic N) is 2. The maximum Gasteiger partial charge on any atom is 0.208 e. The number of fused-ring (bicyclic) bond motifs is 4. The molecule has 53 heavy (non-hydrogen) atoms. The van der Waals surface area contributed by atoms with E-state index in [9.17, 15) is 25.5 Å². The van der Waals surface area contributed by atoms with E-state index in [0.717, 1.165) is 70.4 Å². The second kappa shape index (κ2) is 12.6. The number of benzene rings is 7. The molecule has 7 aromatic carbocycles. The highest BCUT2D eigenvalue weighted by Gasteiger charge is 2.25. The minimum atomic E-state index is -0.986. The van der Waals surface area contributed by atoms with Crippen molar-refractivity contribution >= 4 is 59.3 Å². The summed E-state index contributed by atoms with van der Waals surface area (Å²) in [7, 11) is 0. The summed E-state index contributed by atoms with van der Waals surface area (Å²) >= 11 is 1.53. The normalized spacial score (nSPS) is 11.4. The van der Waals surface area contributed by atoms with Crippen LogP contribution in [0.5, 0.6) is 28.7 Å². The van der Waals surface area contributed by atoms with Gasteiger partial charge in [0.1, 0.15) is 0 Å². The Balaban J connectivity index is 1.09. The molecule has 2 heterocycles. The number of phenols is 5. The van der Waals surface area contributed by atoms with Gasteiger partial charge >= 0.3 is 0 Å². The van der Waals surface area contributed by atoms with Gasteiger partial charge in [-0.3, -0.25) is 4.98 Å². The Kier molecular flexibility index (Phi) is 7.61. The van der Waals surface area contributed by atoms with Gasteiger partial charge in [0.25, 0.3) is 0 Å². The van der Waals surface area contributed by atoms with Crippen molar-refractivity contribution in [1.82, 2.24) is 4.98 Å². The number of aromatic nitrogens is 1. The lowest BCUT2D eigenvalue weighted by molar-refractivity contribution is 0.330. The topological polar surface area (TPSA) is 117 Å².